The van der Waals surface area contributed by atoms with Gasteiger partial charge >= 0.3 is 0 Å². The molecule has 0 spiro atoms. The van der Waals surface area contributed by atoms with Crippen LogP contribution in [0.15, 0.2) is 12.4 Å². The summed E-state index contributed by atoms with van der Waals surface area (Å²) in [5.41, 5.74) is 0.687. The van der Waals surface area contributed by atoms with Crippen molar-refractivity contribution in [3.8, 4) is 0 Å². The number of hydrogen-bond donors (Lipinski definition) is 0. The molecule has 0 N–H and O–H groups in total. The highest BCUT2D eigenvalue weighted by atomic mass is 35.5. The predicted molar refractivity (Wildman–Crippen MR) is 97.7 cm³/mol. The number of pyridine rings is 1. The van der Waals surface area contributed by atoms with Crippen LogP contribution in [0.1, 0.15) is 39.4 Å². The highest BCUT2D eigenvalue weighted by molar-refractivity contribution is 6.74. The Labute approximate surface area is 150 Å². The fourth-order valence-electron chi connectivity index (χ4n) is 1.99. The zero-order valence-electron chi connectivity index (χ0n) is 14.9. The first-order valence-electron chi connectivity index (χ1n) is 7.58. The Morgan fingerprint density at radius 2 is 1.70 bits per heavy atom. The lowest BCUT2D eigenvalue weighted by molar-refractivity contribution is -0.107. The highest BCUT2D eigenvalue weighted by Gasteiger charge is 2.40. The van der Waals surface area contributed by atoms with Gasteiger partial charge in [0.05, 0.1) is 16.1 Å². The third-order valence-electron chi connectivity index (χ3n) is 4.25. The molecule has 2 atom stereocenters. The van der Waals surface area contributed by atoms with Gasteiger partial charge in [0.1, 0.15) is 12.9 Å². The van der Waals surface area contributed by atoms with Crippen molar-refractivity contribution in [1.29, 1.82) is 0 Å². The SMILES string of the molecule is COCO[C@H](c1c(Cl)cncc1Cl)[C@@H](C)O[Si](C)(C)C(C)(C)C. The van der Waals surface area contributed by atoms with Crippen molar-refractivity contribution in [2.45, 2.75) is 58.0 Å². The van der Waals surface area contributed by atoms with Crippen molar-refractivity contribution in [3.05, 3.63) is 28.0 Å². The minimum absolute atomic E-state index is 0.0961. The Morgan fingerprint density at radius 3 is 2.13 bits per heavy atom. The number of methoxy groups -OCH3 is 1. The molecule has 7 heteroatoms. The average molecular weight is 380 g/mol. The lowest BCUT2D eigenvalue weighted by atomic mass is 10.1. The molecule has 4 nitrogen and oxygen atoms in total. The van der Waals surface area contributed by atoms with Gasteiger partial charge < -0.3 is 13.9 Å². The minimum Gasteiger partial charge on any atom is -0.411 e. The van der Waals surface area contributed by atoms with Crippen LogP contribution in [0.4, 0.5) is 0 Å². The number of halogens is 2. The topological polar surface area (TPSA) is 40.6 Å². The van der Waals surface area contributed by atoms with Crippen molar-refractivity contribution in [3.63, 3.8) is 0 Å². The number of aromatic nitrogens is 1. The van der Waals surface area contributed by atoms with Gasteiger partial charge in [0.15, 0.2) is 8.32 Å². The summed E-state index contributed by atoms with van der Waals surface area (Å²) >= 11 is 12.6. The predicted octanol–water partition coefficient (Wildman–Crippen LogP) is 5.46. The Morgan fingerprint density at radius 1 is 1.17 bits per heavy atom. The summed E-state index contributed by atoms with van der Waals surface area (Å²) in [6.45, 7) is 13.1. The molecule has 0 aliphatic rings. The number of ether oxygens (including phenoxy) is 2. The van der Waals surface area contributed by atoms with E-state index in [1.807, 2.05) is 6.92 Å². The molecule has 0 radical (unpaired) electrons. The molecule has 23 heavy (non-hydrogen) atoms. The van der Waals surface area contributed by atoms with Gasteiger partial charge in [-0.3, -0.25) is 4.98 Å². The van der Waals surface area contributed by atoms with Crippen LogP contribution in [0.3, 0.4) is 0 Å². The fourth-order valence-corrected chi connectivity index (χ4v) is 3.98. The third kappa shape index (κ3) is 5.41. The van der Waals surface area contributed by atoms with Crippen molar-refractivity contribution >= 4 is 31.5 Å². The first-order chi connectivity index (χ1) is 10.5. The second-order valence-corrected chi connectivity index (χ2v) is 12.7. The van der Waals surface area contributed by atoms with E-state index in [4.69, 9.17) is 37.1 Å². The molecule has 0 fully saturated rings. The lowest BCUT2D eigenvalue weighted by Gasteiger charge is -2.40. The molecule has 0 unspecified atom stereocenters. The van der Waals surface area contributed by atoms with Gasteiger partial charge in [-0.2, -0.15) is 0 Å². The van der Waals surface area contributed by atoms with E-state index in [1.165, 1.54) is 0 Å². The second-order valence-electron chi connectivity index (χ2n) is 7.09. The van der Waals surface area contributed by atoms with Crippen LogP contribution in [-0.2, 0) is 13.9 Å². The van der Waals surface area contributed by atoms with E-state index in [9.17, 15) is 0 Å². The molecule has 132 valence electrons. The quantitative estimate of drug-likeness (QED) is 0.465. The highest BCUT2D eigenvalue weighted by Crippen LogP contribution is 2.41. The summed E-state index contributed by atoms with van der Waals surface area (Å²) in [5, 5.41) is 1.02. The zero-order chi connectivity index (χ0) is 17.8. The van der Waals surface area contributed by atoms with Crippen molar-refractivity contribution in [2.75, 3.05) is 13.9 Å². The summed E-state index contributed by atoms with van der Waals surface area (Å²) in [6, 6.07) is 0. The van der Waals surface area contributed by atoms with Gasteiger partial charge in [0, 0.05) is 25.1 Å². The standard InChI is InChI=1S/C16H27Cl2NO3Si/c1-11(22-23(6,7)16(2,3)4)15(21-10-20-5)14-12(17)8-19-9-13(14)18/h8-9,11,15H,10H2,1-7H3/t11-,15+/m1/s1. The Hall–Kier alpha value is -0.173. The maximum atomic E-state index is 6.45. The van der Waals surface area contributed by atoms with E-state index >= 15 is 0 Å². The minimum atomic E-state index is -1.96. The average Bonchev–Trinajstić information content (AvgIpc) is 2.40. The van der Waals surface area contributed by atoms with Crippen molar-refractivity contribution < 1.29 is 13.9 Å². The first-order valence-corrected chi connectivity index (χ1v) is 11.2. The maximum Gasteiger partial charge on any atom is 0.192 e. The first kappa shape index (κ1) is 20.9. The Balaban J connectivity index is 3.12. The van der Waals surface area contributed by atoms with E-state index in [1.54, 1.807) is 19.5 Å². The van der Waals surface area contributed by atoms with E-state index in [0.29, 0.717) is 15.6 Å². The maximum absolute atomic E-state index is 6.45. The van der Waals surface area contributed by atoms with Crippen LogP contribution in [0.2, 0.25) is 28.2 Å². The normalized spacial score (nSPS) is 15.5. The monoisotopic (exact) mass is 379 g/mol. The molecular weight excluding hydrogens is 353 g/mol. The molecule has 0 aliphatic heterocycles. The molecule has 0 bridgehead atoms. The Kier molecular flexibility index (Phi) is 7.51. The van der Waals surface area contributed by atoms with Gasteiger partial charge in [-0.15, -0.1) is 0 Å². The molecule has 1 aromatic rings. The summed E-state index contributed by atoms with van der Waals surface area (Å²) in [7, 11) is -0.385. The largest absolute Gasteiger partial charge is 0.411 e. The van der Waals surface area contributed by atoms with Crippen LogP contribution in [0.5, 0.6) is 0 Å². The van der Waals surface area contributed by atoms with E-state index in [2.05, 4.69) is 38.8 Å². The summed E-state index contributed by atoms with van der Waals surface area (Å²) in [6.07, 6.45) is 2.48. The summed E-state index contributed by atoms with van der Waals surface area (Å²) in [5.74, 6) is 0. The van der Waals surface area contributed by atoms with Crippen LogP contribution in [0, 0.1) is 0 Å². The number of hydrogen-bond acceptors (Lipinski definition) is 4. The summed E-state index contributed by atoms with van der Waals surface area (Å²) in [4.78, 5) is 4.00. The van der Waals surface area contributed by atoms with Crippen LogP contribution in [0.25, 0.3) is 0 Å². The van der Waals surface area contributed by atoms with Gasteiger partial charge in [-0.25, -0.2) is 0 Å². The van der Waals surface area contributed by atoms with Gasteiger partial charge in [-0.1, -0.05) is 44.0 Å². The molecular formula is C16H27Cl2NO3Si. The fraction of sp³-hybridized carbons (Fsp3) is 0.688. The number of rotatable bonds is 7. The molecule has 1 rings (SSSR count). The van der Waals surface area contributed by atoms with Crippen LogP contribution in [-0.4, -0.2) is 33.3 Å². The lowest BCUT2D eigenvalue weighted by Crippen LogP contribution is -2.45. The summed E-state index contributed by atoms with van der Waals surface area (Å²) < 4.78 is 17.3. The molecule has 0 aromatic carbocycles. The third-order valence-corrected chi connectivity index (χ3v) is 9.43. The molecule has 0 aliphatic carbocycles. The van der Waals surface area contributed by atoms with Gasteiger partial charge in [-0.05, 0) is 25.1 Å². The van der Waals surface area contributed by atoms with Gasteiger partial charge in [0.2, 0.25) is 0 Å². The van der Waals surface area contributed by atoms with Crippen molar-refractivity contribution in [1.82, 2.24) is 4.98 Å². The van der Waals surface area contributed by atoms with Crippen LogP contribution < -0.4 is 0 Å². The molecule has 1 aromatic heterocycles. The molecule has 1 heterocycles. The number of nitrogens with zero attached hydrogens (tertiary/aromatic N) is 1. The molecule has 0 saturated heterocycles. The molecule has 0 amide bonds. The molecule has 0 saturated carbocycles. The van der Waals surface area contributed by atoms with E-state index in [0.717, 1.165) is 0 Å². The van der Waals surface area contributed by atoms with Gasteiger partial charge in [0.25, 0.3) is 0 Å². The second kappa shape index (κ2) is 8.27. The van der Waals surface area contributed by atoms with E-state index < -0.39 is 14.4 Å². The Bertz CT molecular complexity index is 500. The van der Waals surface area contributed by atoms with E-state index in [-0.39, 0.29) is 17.9 Å². The zero-order valence-corrected chi connectivity index (χ0v) is 17.5. The van der Waals surface area contributed by atoms with Crippen molar-refractivity contribution in [2.24, 2.45) is 0 Å². The van der Waals surface area contributed by atoms with Crippen LogP contribution >= 0.6 is 23.2 Å². The smallest absolute Gasteiger partial charge is 0.192 e.